The van der Waals surface area contributed by atoms with Gasteiger partial charge in [-0.2, -0.15) is 0 Å². The van der Waals surface area contributed by atoms with Gasteiger partial charge in [0, 0.05) is 18.6 Å². The van der Waals surface area contributed by atoms with Crippen LogP contribution in [0, 0.1) is 0 Å². The second-order valence-electron chi connectivity index (χ2n) is 7.77. The number of aromatic nitrogens is 1. The molecule has 0 radical (unpaired) electrons. The van der Waals surface area contributed by atoms with E-state index in [1.54, 1.807) is 0 Å². The molecule has 0 aliphatic rings. The highest BCUT2D eigenvalue weighted by atomic mass is 16.5. The van der Waals surface area contributed by atoms with Crippen LogP contribution in [-0.4, -0.2) is 12.7 Å². The first kappa shape index (κ1) is 21.7. The maximum atomic E-state index is 12.2. The second kappa shape index (κ2) is 10.6. The van der Waals surface area contributed by atoms with Crippen LogP contribution in [0.15, 0.2) is 61.4 Å². The van der Waals surface area contributed by atoms with Crippen LogP contribution in [0.2, 0.25) is 0 Å². The molecule has 4 nitrogen and oxygen atoms in total. The van der Waals surface area contributed by atoms with Crippen molar-refractivity contribution < 1.29 is 14.1 Å². The molecule has 28 heavy (non-hydrogen) atoms. The zero-order valence-electron chi connectivity index (χ0n) is 17.4. The van der Waals surface area contributed by atoms with Crippen LogP contribution < -0.4 is 9.88 Å². The summed E-state index contributed by atoms with van der Waals surface area (Å²) < 4.78 is 7.56. The molecule has 4 heteroatoms. The van der Waals surface area contributed by atoms with Crippen molar-refractivity contribution in [1.82, 2.24) is 5.32 Å². The van der Waals surface area contributed by atoms with Crippen molar-refractivity contribution in [2.45, 2.75) is 58.5 Å². The fourth-order valence-corrected chi connectivity index (χ4v) is 3.04. The zero-order valence-corrected chi connectivity index (χ0v) is 17.4. The van der Waals surface area contributed by atoms with Gasteiger partial charge in [-0.05, 0) is 57.2 Å². The Hall–Kier alpha value is -2.62. The molecule has 0 saturated heterocycles. The number of allylic oxidation sites excluding steroid dienone is 1. The van der Waals surface area contributed by atoms with Crippen molar-refractivity contribution in [1.29, 1.82) is 0 Å². The van der Waals surface area contributed by atoms with Crippen LogP contribution in [0.25, 0.3) is 5.57 Å². The number of ether oxygens (including phenoxy) is 1. The van der Waals surface area contributed by atoms with Crippen LogP contribution in [-0.2, 0) is 16.8 Å². The summed E-state index contributed by atoms with van der Waals surface area (Å²) in [6.07, 6.45) is 8.01. The number of carbonyl (C=O) groups excluding carboxylic acids is 1. The first-order valence-electron chi connectivity index (χ1n) is 10.0. The highest BCUT2D eigenvalue weighted by Crippen LogP contribution is 2.23. The molecule has 0 fully saturated rings. The van der Waals surface area contributed by atoms with E-state index in [0.29, 0.717) is 6.61 Å². The molecule has 0 aliphatic carbocycles. The average Bonchev–Trinajstić information content (AvgIpc) is 2.67. The minimum atomic E-state index is -0.505. The fourth-order valence-electron chi connectivity index (χ4n) is 3.04. The number of pyridine rings is 1. The molecule has 150 valence electrons. The van der Waals surface area contributed by atoms with E-state index < -0.39 is 5.54 Å². The molecule has 0 spiro atoms. The summed E-state index contributed by atoms with van der Waals surface area (Å²) in [4.78, 5) is 12.2. The summed E-state index contributed by atoms with van der Waals surface area (Å²) in [5.74, 6) is 0. The van der Waals surface area contributed by atoms with Gasteiger partial charge in [-0.25, -0.2) is 9.36 Å². The maximum absolute atomic E-state index is 12.2. The summed E-state index contributed by atoms with van der Waals surface area (Å²) in [6.45, 7) is 11.4. The summed E-state index contributed by atoms with van der Waals surface area (Å²) in [5.41, 5.74) is 2.61. The Kier molecular flexibility index (Phi) is 8.24. The van der Waals surface area contributed by atoms with Gasteiger partial charge in [-0.1, -0.05) is 36.4 Å². The van der Waals surface area contributed by atoms with Crippen LogP contribution >= 0.6 is 0 Å². The number of benzene rings is 1. The van der Waals surface area contributed by atoms with Gasteiger partial charge < -0.3 is 10.1 Å². The SMILES string of the molecule is C=C(C)c1cccc(C(C)(C)NC(=O)OCCCCCC[n+]2ccccc2)c1. The Bertz CT molecular complexity index is 769. The van der Waals surface area contributed by atoms with E-state index in [2.05, 4.69) is 34.9 Å². The molecule has 0 atom stereocenters. The zero-order chi connectivity index (χ0) is 20.4. The number of nitrogens with one attached hydrogen (secondary N) is 1. The predicted octanol–water partition coefficient (Wildman–Crippen LogP) is 5.23. The van der Waals surface area contributed by atoms with Crippen LogP contribution in [0.1, 0.15) is 57.6 Å². The van der Waals surface area contributed by atoms with Crippen molar-refractivity contribution in [3.8, 4) is 0 Å². The van der Waals surface area contributed by atoms with Crippen molar-refractivity contribution in [2.24, 2.45) is 0 Å². The Morgan fingerprint density at radius 2 is 1.79 bits per heavy atom. The lowest BCUT2D eigenvalue weighted by molar-refractivity contribution is -0.697. The van der Waals surface area contributed by atoms with Gasteiger partial charge in [-0.15, -0.1) is 0 Å². The van der Waals surface area contributed by atoms with Crippen molar-refractivity contribution in [3.05, 3.63) is 72.6 Å². The van der Waals surface area contributed by atoms with E-state index in [1.165, 1.54) is 0 Å². The largest absolute Gasteiger partial charge is 0.450 e. The highest BCUT2D eigenvalue weighted by Gasteiger charge is 2.23. The molecule has 1 aromatic carbocycles. The molecule has 1 amide bonds. The number of rotatable bonds is 10. The standard InChI is InChI=1S/C24H32N2O2/c1-20(2)21-13-12-14-22(19-21)24(3,4)25-23(27)28-18-11-6-5-8-15-26-16-9-7-10-17-26/h7,9-10,12-14,16-17,19H,1,5-6,8,11,15,18H2,2-4H3/p+1. The summed E-state index contributed by atoms with van der Waals surface area (Å²) >= 11 is 0. The molecule has 0 aliphatic heterocycles. The van der Waals surface area contributed by atoms with Gasteiger partial charge in [0.25, 0.3) is 0 Å². The van der Waals surface area contributed by atoms with Crippen molar-refractivity contribution in [3.63, 3.8) is 0 Å². The van der Waals surface area contributed by atoms with Crippen molar-refractivity contribution >= 4 is 11.7 Å². The third kappa shape index (κ3) is 7.18. The van der Waals surface area contributed by atoms with Crippen LogP contribution in [0.5, 0.6) is 0 Å². The van der Waals surface area contributed by atoms with E-state index in [4.69, 9.17) is 4.74 Å². The Morgan fingerprint density at radius 3 is 2.50 bits per heavy atom. The third-order valence-corrected chi connectivity index (χ3v) is 4.81. The first-order chi connectivity index (χ1) is 13.4. The van der Waals surface area contributed by atoms with Crippen LogP contribution in [0.3, 0.4) is 0 Å². The topological polar surface area (TPSA) is 42.2 Å². The minimum absolute atomic E-state index is 0.370. The molecule has 1 aromatic heterocycles. The monoisotopic (exact) mass is 381 g/mol. The van der Waals surface area contributed by atoms with E-state index in [0.717, 1.165) is 48.9 Å². The van der Waals surface area contributed by atoms with Crippen LogP contribution in [0.4, 0.5) is 4.79 Å². The molecular formula is C24H33N2O2+. The number of carbonyl (C=O) groups is 1. The summed E-state index contributed by atoms with van der Waals surface area (Å²) in [6, 6.07) is 14.2. The normalized spacial score (nSPS) is 11.1. The number of hydrogen-bond donors (Lipinski definition) is 1. The molecule has 1 N–H and O–H groups in total. The first-order valence-corrected chi connectivity index (χ1v) is 10.0. The van der Waals surface area contributed by atoms with Gasteiger partial charge in [0.15, 0.2) is 12.4 Å². The molecule has 0 saturated carbocycles. The van der Waals surface area contributed by atoms with Gasteiger partial charge in [0.1, 0.15) is 6.54 Å². The Labute approximate surface area is 169 Å². The molecule has 2 rings (SSSR count). The van der Waals surface area contributed by atoms with Gasteiger partial charge in [0.05, 0.1) is 12.1 Å². The predicted molar refractivity (Wildman–Crippen MR) is 114 cm³/mol. The molecule has 0 unspecified atom stereocenters. The van der Waals surface area contributed by atoms with E-state index in [9.17, 15) is 4.79 Å². The number of hydrogen-bond acceptors (Lipinski definition) is 2. The number of nitrogens with zero attached hydrogens (tertiary/aromatic N) is 1. The number of aryl methyl sites for hydroxylation is 1. The lowest BCUT2D eigenvalue weighted by atomic mass is 9.92. The van der Waals surface area contributed by atoms with E-state index in [1.807, 2.05) is 57.2 Å². The second-order valence-corrected chi connectivity index (χ2v) is 7.77. The quantitative estimate of drug-likeness (QED) is 0.452. The summed E-state index contributed by atoms with van der Waals surface area (Å²) in [5, 5.41) is 2.97. The molecule has 1 heterocycles. The van der Waals surface area contributed by atoms with Gasteiger partial charge in [-0.3, -0.25) is 0 Å². The van der Waals surface area contributed by atoms with E-state index >= 15 is 0 Å². The maximum Gasteiger partial charge on any atom is 0.407 e. The molecule has 0 bridgehead atoms. The molecular weight excluding hydrogens is 348 g/mol. The Balaban J connectivity index is 1.66. The summed E-state index contributed by atoms with van der Waals surface area (Å²) in [7, 11) is 0. The third-order valence-electron chi connectivity index (χ3n) is 4.81. The lowest BCUT2D eigenvalue weighted by Gasteiger charge is -2.27. The van der Waals surface area contributed by atoms with Gasteiger partial charge in [0.2, 0.25) is 0 Å². The lowest BCUT2D eigenvalue weighted by Crippen LogP contribution is -2.41. The fraction of sp³-hybridized carbons (Fsp3) is 0.417. The Morgan fingerprint density at radius 1 is 1.07 bits per heavy atom. The smallest absolute Gasteiger partial charge is 0.407 e. The minimum Gasteiger partial charge on any atom is -0.450 e. The highest BCUT2D eigenvalue weighted by molar-refractivity contribution is 5.69. The average molecular weight is 382 g/mol. The number of alkyl carbamates (subject to hydrolysis) is 1. The van der Waals surface area contributed by atoms with Crippen molar-refractivity contribution in [2.75, 3.05) is 6.61 Å². The van der Waals surface area contributed by atoms with Gasteiger partial charge >= 0.3 is 6.09 Å². The number of unbranched alkanes of at least 4 members (excludes halogenated alkanes) is 3. The molecule has 2 aromatic rings. The van der Waals surface area contributed by atoms with E-state index in [-0.39, 0.29) is 6.09 Å². The number of amides is 1.